The van der Waals surface area contributed by atoms with Gasteiger partial charge in [0.2, 0.25) is 5.91 Å². The second kappa shape index (κ2) is 4.15. The van der Waals surface area contributed by atoms with Crippen molar-refractivity contribution in [3.63, 3.8) is 0 Å². The minimum atomic E-state index is 0.0336. The van der Waals surface area contributed by atoms with Gasteiger partial charge in [0.15, 0.2) is 0 Å². The molecular formula is C9H12N4O. The Bertz CT molecular complexity index is 310. The van der Waals surface area contributed by atoms with Crippen LogP contribution in [0.25, 0.3) is 0 Å². The van der Waals surface area contributed by atoms with Crippen molar-refractivity contribution < 1.29 is 4.79 Å². The van der Waals surface area contributed by atoms with Crippen molar-refractivity contribution in [3.05, 3.63) is 18.7 Å². The van der Waals surface area contributed by atoms with Crippen molar-refractivity contribution >= 4 is 11.6 Å². The van der Waals surface area contributed by atoms with Gasteiger partial charge < -0.3 is 10.6 Å². The monoisotopic (exact) mass is 192 g/mol. The SMILES string of the molecule is O=C(CC1CNC1)Nc1cncnc1. The van der Waals surface area contributed by atoms with Gasteiger partial charge in [-0.1, -0.05) is 0 Å². The molecule has 74 valence electrons. The van der Waals surface area contributed by atoms with E-state index in [1.165, 1.54) is 6.33 Å². The molecule has 0 saturated carbocycles. The van der Waals surface area contributed by atoms with Crippen LogP contribution in [-0.2, 0) is 4.79 Å². The molecule has 0 aromatic carbocycles. The number of nitrogens with one attached hydrogen (secondary N) is 2. The lowest BCUT2D eigenvalue weighted by molar-refractivity contribution is -0.117. The van der Waals surface area contributed by atoms with Crippen LogP contribution in [0.15, 0.2) is 18.7 Å². The number of rotatable bonds is 3. The average Bonchev–Trinajstić information content (AvgIpc) is 2.13. The number of amides is 1. The Morgan fingerprint density at radius 1 is 1.50 bits per heavy atom. The number of hydrogen-bond acceptors (Lipinski definition) is 4. The molecule has 14 heavy (non-hydrogen) atoms. The van der Waals surface area contributed by atoms with Crippen LogP contribution in [0.5, 0.6) is 0 Å². The topological polar surface area (TPSA) is 66.9 Å². The summed E-state index contributed by atoms with van der Waals surface area (Å²) in [7, 11) is 0. The van der Waals surface area contributed by atoms with Crippen molar-refractivity contribution in [1.29, 1.82) is 0 Å². The number of aromatic nitrogens is 2. The molecule has 0 bridgehead atoms. The van der Waals surface area contributed by atoms with E-state index < -0.39 is 0 Å². The third kappa shape index (κ3) is 2.26. The highest BCUT2D eigenvalue weighted by Gasteiger charge is 2.19. The Kier molecular flexibility index (Phi) is 2.69. The summed E-state index contributed by atoms with van der Waals surface area (Å²) in [6.45, 7) is 1.89. The van der Waals surface area contributed by atoms with Gasteiger partial charge in [0, 0.05) is 6.42 Å². The van der Waals surface area contributed by atoms with Gasteiger partial charge in [-0.15, -0.1) is 0 Å². The van der Waals surface area contributed by atoms with Gasteiger partial charge in [0.25, 0.3) is 0 Å². The summed E-state index contributed by atoms with van der Waals surface area (Å²) < 4.78 is 0. The molecular weight excluding hydrogens is 180 g/mol. The van der Waals surface area contributed by atoms with Crippen LogP contribution in [0.2, 0.25) is 0 Å². The maximum atomic E-state index is 11.4. The third-order valence-electron chi connectivity index (χ3n) is 2.18. The van der Waals surface area contributed by atoms with Gasteiger partial charge in [-0.2, -0.15) is 0 Å². The fraction of sp³-hybridized carbons (Fsp3) is 0.444. The van der Waals surface area contributed by atoms with E-state index in [-0.39, 0.29) is 5.91 Å². The molecule has 1 fully saturated rings. The summed E-state index contributed by atoms with van der Waals surface area (Å²) in [4.78, 5) is 19.0. The van der Waals surface area contributed by atoms with E-state index in [0.717, 1.165) is 13.1 Å². The highest BCUT2D eigenvalue weighted by atomic mass is 16.1. The molecule has 2 rings (SSSR count). The van der Waals surface area contributed by atoms with Gasteiger partial charge >= 0.3 is 0 Å². The fourth-order valence-corrected chi connectivity index (χ4v) is 1.33. The normalized spacial score (nSPS) is 16.0. The largest absolute Gasteiger partial charge is 0.323 e. The Balaban J connectivity index is 1.82. The molecule has 0 unspecified atom stereocenters. The van der Waals surface area contributed by atoms with Gasteiger partial charge in [-0.25, -0.2) is 9.97 Å². The first-order valence-electron chi connectivity index (χ1n) is 4.60. The van der Waals surface area contributed by atoms with Crippen molar-refractivity contribution in [3.8, 4) is 0 Å². The van der Waals surface area contributed by atoms with E-state index in [9.17, 15) is 4.79 Å². The van der Waals surface area contributed by atoms with Crippen LogP contribution >= 0.6 is 0 Å². The zero-order chi connectivity index (χ0) is 9.80. The number of nitrogens with zero attached hydrogens (tertiary/aromatic N) is 2. The highest BCUT2D eigenvalue weighted by Crippen LogP contribution is 2.10. The standard InChI is InChI=1S/C9H12N4O/c14-9(1-7-2-10-3-7)13-8-4-11-6-12-5-8/h4-7,10H,1-3H2,(H,13,14). The smallest absolute Gasteiger partial charge is 0.224 e. The van der Waals surface area contributed by atoms with Crippen LogP contribution < -0.4 is 10.6 Å². The summed E-state index contributed by atoms with van der Waals surface area (Å²) in [6.07, 6.45) is 5.18. The van der Waals surface area contributed by atoms with Crippen LogP contribution in [0.1, 0.15) is 6.42 Å². The Morgan fingerprint density at radius 2 is 2.21 bits per heavy atom. The van der Waals surface area contributed by atoms with E-state index in [1.54, 1.807) is 12.4 Å². The molecule has 5 heteroatoms. The summed E-state index contributed by atoms with van der Waals surface area (Å²) in [5, 5.41) is 5.88. The van der Waals surface area contributed by atoms with Crippen LogP contribution in [-0.4, -0.2) is 29.0 Å². The molecule has 0 spiro atoms. The highest BCUT2D eigenvalue weighted by molar-refractivity contribution is 5.90. The molecule has 0 atom stereocenters. The molecule has 0 aliphatic carbocycles. The molecule has 1 aromatic rings. The minimum absolute atomic E-state index is 0.0336. The van der Waals surface area contributed by atoms with Gasteiger partial charge in [0.1, 0.15) is 6.33 Å². The molecule has 2 N–H and O–H groups in total. The number of carbonyl (C=O) groups excluding carboxylic acids is 1. The molecule has 1 aliphatic rings. The lowest BCUT2D eigenvalue weighted by Crippen LogP contribution is -2.43. The molecule has 0 radical (unpaired) electrons. The first-order chi connectivity index (χ1) is 6.84. The summed E-state index contributed by atoms with van der Waals surface area (Å²) in [5.74, 6) is 0.519. The zero-order valence-corrected chi connectivity index (χ0v) is 7.73. The predicted molar refractivity (Wildman–Crippen MR) is 51.6 cm³/mol. The van der Waals surface area contributed by atoms with E-state index in [0.29, 0.717) is 18.0 Å². The lowest BCUT2D eigenvalue weighted by Gasteiger charge is -2.26. The second-order valence-electron chi connectivity index (χ2n) is 3.40. The first kappa shape index (κ1) is 9.08. The summed E-state index contributed by atoms with van der Waals surface area (Å²) >= 11 is 0. The molecule has 1 amide bonds. The third-order valence-corrected chi connectivity index (χ3v) is 2.18. The number of hydrogen-bond donors (Lipinski definition) is 2. The maximum Gasteiger partial charge on any atom is 0.224 e. The van der Waals surface area contributed by atoms with Gasteiger partial charge in [-0.05, 0) is 19.0 Å². The van der Waals surface area contributed by atoms with E-state index in [1.807, 2.05) is 0 Å². The Hall–Kier alpha value is -1.49. The van der Waals surface area contributed by atoms with Crippen molar-refractivity contribution in [2.75, 3.05) is 18.4 Å². The Morgan fingerprint density at radius 3 is 2.79 bits per heavy atom. The van der Waals surface area contributed by atoms with Crippen LogP contribution in [0.3, 0.4) is 0 Å². The van der Waals surface area contributed by atoms with Gasteiger partial charge in [0.05, 0.1) is 18.1 Å². The number of carbonyl (C=O) groups is 1. The van der Waals surface area contributed by atoms with Crippen LogP contribution in [0, 0.1) is 5.92 Å². The van der Waals surface area contributed by atoms with Crippen molar-refractivity contribution in [2.45, 2.75) is 6.42 Å². The summed E-state index contributed by atoms with van der Waals surface area (Å²) in [6, 6.07) is 0. The maximum absolute atomic E-state index is 11.4. The fourth-order valence-electron chi connectivity index (χ4n) is 1.33. The van der Waals surface area contributed by atoms with E-state index in [4.69, 9.17) is 0 Å². The lowest BCUT2D eigenvalue weighted by atomic mass is 9.99. The van der Waals surface area contributed by atoms with Gasteiger partial charge in [-0.3, -0.25) is 4.79 Å². The molecule has 1 aliphatic heterocycles. The van der Waals surface area contributed by atoms with Crippen molar-refractivity contribution in [1.82, 2.24) is 15.3 Å². The Labute approximate surface area is 82.0 Å². The minimum Gasteiger partial charge on any atom is -0.323 e. The van der Waals surface area contributed by atoms with Crippen molar-refractivity contribution in [2.24, 2.45) is 5.92 Å². The van der Waals surface area contributed by atoms with E-state index in [2.05, 4.69) is 20.6 Å². The average molecular weight is 192 g/mol. The summed E-state index contributed by atoms with van der Waals surface area (Å²) in [5.41, 5.74) is 0.657. The second-order valence-corrected chi connectivity index (χ2v) is 3.40. The molecule has 5 nitrogen and oxygen atoms in total. The first-order valence-corrected chi connectivity index (χ1v) is 4.60. The molecule has 2 heterocycles. The predicted octanol–water partition coefficient (Wildman–Crippen LogP) is 0.0246. The quantitative estimate of drug-likeness (QED) is 0.708. The zero-order valence-electron chi connectivity index (χ0n) is 7.73. The van der Waals surface area contributed by atoms with E-state index >= 15 is 0 Å². The molecule has 1 aromatic heterocycles. The number of anilines is 1. The molecule has 1 saturated heterocycles. The van der Waals surface area contributed by atoms with Crippen LogP contribution in [0.4, 0.5) is 5.69 Å².